The molecule has 1 aliphatic carbocycles. The lowest BCUT2D eigenvalue weighted by Gasteiger charge is -2.49. The van der Waals surface area contributed by atoms with Gasteiger partial charge in [0.05, 0.1) is 31.1 Å². The summed E-state index contributed by atoms with van der Waals surface area (Å²) in [6.45, 7) is 7.21. The topological polar surface area (TPSA) is 26.3 Å². The smallest absolute Gasteiger partial charge is 0.309 e. The van der Waals surface area contributed by atoms with Crippen molar-refractivity contribution < 1.29 is 38.0 Å². The van der Waals surface area contributed by atoms with E-state index in [0.717, 1.165) is 32.1 Å². The Balaban J connectivity index is 0.00000240. The van der Waals surface area contributed by atoms with Crippen LogP contribution in [0.4, 0.5) is 0 Å². The predicted molar refractivity (Wildman–Crippen MR) is 113 cm³/mol. The summed E-state index contributed by atoms with van der Waals surface area (Å²) in [4.78, 5) is 13.2. The fourth-order valence-corrected chi connectivity index (χ4v) is 6.87. The molecule has 1 aromatic carbocycles. The maximum absolute atomic E-state index is 13.2. The van der Waals surface area contributed by atoms with Gasteiger partial charge < -0.3 is 33.2 Å². The third-order valence-electron chi connectivity index (χ3n) is 8.17. The fraction of sp³-hybridized carbons (Fsp3) is 0.720. The number of rotatable bonds is 6. The third-order valence-corrected chi connectivity index (χ3v) is 8.17. The second-order valence-corrected chi connectivity index (χ2v) is 9.47. The van der Waals surface area contributed by atoms with Crippen molar-refractivity contribution >= 4 is 5.97 Å². The standard InChI is InChI=1S/C25H38NO2.HI/c1-3-16-26(4-2)20-14-15-21(26)18-22(17-20)28-25(27)24-13-9-8-12-23(24)19-10-6-5-7-11-19;/h5-7,10-11,20-24H,3-4,8-9,12-18H2,1-2H3;1H/q+1;/p-1/t20-,21+,22?,23?,24?,26?;. The Morgan fingerprint density at radius 1 is 1.00 bits per heavy atom. The van der Waals surface area contributed by atoms with E-state index in [-0.39, 0.29) is 42.0 Å². The number of fused-ring (bicyclic) bond motifs is 2. The minimum absolute atomic E-state index is 0. The van der Waals surface area contributed by atoms with Crippen LogP contribution in [0.25, 0.3) is 0 Å². The first-order chi connectivity index (χ1) is 13.7. The lowest BCUT2D eigenvalue weighted by atomic mass is 9.75. The number of hydrogen-bond donors (Lipinski definition) is 0. The van der Waals surface area contributed by atoms with E-state index >= 15 is 0 Å². The molecule has 0 radical (unpaired) electrons. The van der Waals surface area contributed by atoms with E-state index in [2.05, 4.69) is 44.2 Å². The van der Waals surface area contributed by atoms with Crippen molar-refractivity contribution in [1.82, 2.24) is 0 Å². The lowest BCUT2D eigenvalue weighted by Crippen LogP contribution is -3.00. The van der Waals surface area contributed by atoms with Gasteiger partial charge >= 0.3 is 5.97 Å². The van der Waals surface area contributed by atoms with Crippen LogP contribution in [0.2, 0.25) is 0 Å². The quantitative estimate of drug-likeness (QED) is 0.333. The summed E-state index contributed by atoms with van der Waals surface area (Å²) < 4.78 is 7.52. The minimum atomic E-state index is 0. The fourth-order valence-electron chi connectivity index (χ4n) is 6.87. The number of ether oxygens (including phenoxy) is 1. The molecule has 0 amide bonds. The van der Waals surface area contributed by atoms with E-state index in [0.29, 0.717) is 18.0 Å². The first kappa shape index (κ1) is 23.1. The van der Waals surface area contributed by atoms with E-state index < -0.39 is 0 Å². The molecule has 2 aliphatic heterocycles. The molecule has 4 heteroatoms. The lowest BCUT2D eigenvalue weighted by molar-refractivity contribution is -0.965. The molecule has 2 heterocycles. The van der Waals surface area contributed by atoms with Crippen LogP contribution < -0.4 is 24.0 Å². The van der Waals surface area contributed by atoms with Gasteiger partial charge in [-0.1, -0.05) is 50.1 Å². The maximum atomic E-state index is 13.2. The molecular formula is C25H38INO2. The minimum Gasteiger partial charge on any atom is -1.00 e. The molecule has 1 aromatic rings. The molecule has 0 spiro atoms. The van der Waals surface area contributed by atoms with Crippen LogP contribution >= 0.6 is 0 Å². The number of benzene rings is 1. The van der Waals surface area contributed by atoms with Gasteiger partial charge in [-0.15, -0.1) is 0 Å². The highest BCUT2D eigenvalue weighted by atomic mass is 127. The van der Waals surface area contributed by atoms with Crippen LogP contribution in [0.5, 0.6) is 0 Å². The van der Waals surface area contributed by atoms with Crippen LogP contribution in [0, 0.1) is 5.92 Å². The van der Waals surface area contributed by atoms with Crippen LogP contribution in [-0.4, -0.2) is 41.7 Å². The van der Waals surface area contributed by atoms with E-state index in [1.807, 2.05) is 0 Å². The summed E-state index contributed by atoms with van der Waals surface area (Å²) in [6.07, 6.45) is 10.7. The normalized spacial score (nSPS) is 36.3. The van der Waals surface area contributed by atoms with Crippen LogP contribution in [0.15, 0.2) is 30.3 Å². The maximum Gasteiger partial charge on any atom is 0.309 e. The summed E-state index contributed by atoms with van der Waals surface area (Å²) in [5.74, 6) is 0.482. The summed E-state index contributed by atoms with van der Waals surface area (Å²) >= 11 is 0. The number of carbonyl (C=O) groups is 1. The zero-order chi connectivity index (χ0) is 19.6. The number of esters is 1. The molecule has 2 saturated heterocycles. The Hall–Kier alpha value is -0.620. The Kier molecular flexibility index (Phi) is 8.05. The van der Waals surface area contributed by atoms with Crippen LogP contribution in [0.3, 0.4) is 0 Å². The predicted octanol–water partition coefficient (Wildman–Crippen LogP) is 2.45. The van der Waals surface area contributed by atoms with Crippen molar-refractivity contribution in [3.05, 3.63) is 35.9 Å². The average molecular weight is 511 g/mol. The Labute approximate surface area is 194 Å². The van der Waals surface area contributed by atoms with Gasteiger partial charge in [0.15, 0.2) is 0 Å². The number of piperidine rings is 1. The van der Waals surface area contributed by atoms with Crippen LogP contribution in [0.1, 0.15) is 83.1 Å². The summed E-state index contributed by atoms with van der Waals surface area (Å²) in [5.41, 5.74) is 1.32. The molecule has 4 unspecified atom stereocenters. The number of halogens is 1. The second kappa shape index (κ2) is 10.1. The van der Waals surface area contributed by atoms with Gasteiger partial charge in [0.25, 0.3) is 0 Å². The van der Waals surface area contributed by atoms with Gasteiger partial charge in [0, 0.05) is 25.7 Å². The van der Waals surface area contributed by atoms with E-state index in [9.17, 15) is 4.79 Å². The molecule has 2 bridgehead atoms. The summed E-state index contributed by atoms with van der Waals surface area (Å²) in [7, 11) is 0. The number of carbonyl (C=O) groups excluding carboxylic acids is 1. The number of hydrogen-bond acceptors (Lipinski definition) is 2. The van der Waals surface area contributed by atoms with Crippen molar-refractivity contribution in [2.45, 2.75) is 95.7 Å². The first-order valence-corrected chi connectivity index (χ1v) is 11.8. The summed E-state index contributed by atoms with van der Waals surface area (Å²) in [6, 6.07) is 12.0. The zero-order valence-electron chi connectivity index (χ0n) is 18.2. The first-order valence-electron chi connectivity index (χ1n) is 11.8. The molecule has 29 heavy (non-hydrogen) atoms. The van der Waals surface area contributed by atoms with Gasteiger partial charge in [-0.3, -0.25) is 4.79 Å². The Morgan fingerprint density at radius 2 is 1.66 bits per heavy atom. The molecule has 3 fully saturated rings. The van der Waals surface area contributed by atoms with Gasteiger partial charge in [-0.2, -0.15) is 0 Å². The van der Waals surface area contributed by atoms with E-state index in [1.165, 1.54) is 48.8 Å². The number of quaternary nitrogens is 1. The van der Waals surface area contributed by atoms with Crippen molar-refractivity contribution in [3.63, 3.8) is 0 Å². The molecule has 3 nitrogen and oxygen atoms in total. The second-order valence-electron chi connectivity index (χ2n) is 9.47. The molecule has 4 rings (SSSR count). The van der Waals surface area contributed by atoms with Crippen molar-refractivity contribution in [1.29, 1.82) is 0 Å². The van der Waals surface area contributed by atoms with Crippen LogP contribution in [-0.2, 0) is 9.53 Å². The molecule has 162 valence electrons. The highest BCUT2D eigenvalue weighted by molar-refractivity contribution is 5.74. The van der Waals surface area contributed by atoms with Gasteiger partial charge in [0.2, 0.25) is 0 Å². The average Bonchev–Trinajstić information content (AvgIpc) is 2.91. The van der Waals surface area contributed by atoms with E-state index in [4.69, 9.17) is 4.74 Å². The molecule has 6 atom stereocenters. The molecule has 0 aromatic heterocycles. The number of nitrogens with zero attached hydrogens (tertiary/aromatic N) is 1. The Bertz CT molecular complexity index is 650. The zero-order valence-corrected chi connectivity index (χ0v) is 20.4. The highest BCUT2D eigenvalue weighted by Crippen LogP contribution is 2.45. The molecular weight excluding hydrogens is 473 g/mol. The molecule has 1 saturated carbocycles. The highest BCUT2D eigenvalue weighted by Gasteiger charge is 2.53. The van der Waals surface area contributed by atoms with Crippen molar-refractivity contribution in [2.75, 3.05) is 13.1 Å². The van der Waals surface area contributed by atoms with Crippen molar-refractivity contribution in [3.8, 4) is 0 Å². The van der Waals surface area contributed by atoms with E-state index in [1.54, 1.807) is 0 Å². The SMILES string of the molecule is CCC[N+]1(CC)[C@@H]2CC[C@H]1CC(OC(=O)C1CCCCC1c1ccccc1)C2.[I-]. The molecule has 3 aliphatic rings. The van der Waals surface area contributed by atoms with Gasteiger partial charge in [-0.25, -0.2) is 0 Å². The van der Waals surface area contributed by atoms with Gasteiger partial charge in [0.1, 0.15) is 6.10 Å². The molecule has 0 N–H and O–H groups in total. The summed E-state index contributed by atoms with van der Waals surface area (Å²) in [5, 5.41) is 0. The largest absolute Gasteiger partial charge is 1.00 e. The van der Waals surface area contributed by atoms with Gasteiger partial charge in [-0.05, 0) is 37.7 Å². The monoisotopic (exact) mass is 511 g/mol. The Morgan fingerprint density at radius 3 is 2.28 bits per heavy atom. The third kappa shape index (κ3) is 4.53. The van der Waals surface area contributed by atoms with Crippen molar-refractivity contribution in [2.24, 2.45) is 5.92 Å².